The van der Waals surface area contributed by atoms with Crippen molar-refractivity contribution < 1.29 is 14.6 Å². The summed E-state index contributed by atoms with van der Waals surface area (Å²) >= 11 is 0. The molecule has 0 fully saturated rings. The lowest BCUT2D eigenvalue weighted by atomic mass is 10.00. The number of carbonyl (C=O) groups is 1. The molecule has 0 saturated heterocycles. The molecule has 1 unspecified atom stereocenters. The number of aliphatic hydroxyl groups excluding tert-OH is 1. The topological polar surface area (TPSA) is 58.6 Å². The first-order chi connectivity index (χ1) is 7.26. The van der Waals surface area contributed by atoms with Crippen LogP contribution < -0.4 is 5.32 Å². The van der Waals surface area contributed by atoms with Crippen LogP contribution in [-0.4, -0.2) is 31.3 Å². The van der Waals surface area contributed by atoms with Crippen molar-refractivity contribution in [1.29, 1.82) is 0 Å². The van der Waals surface area contributed by atoms with Crippen molar-refractivity contribution in [2.45, 2.75) is 5.92 Å². The molecule has 0 radical (unpaired) electrons. The third kappa shape index (κ3) is 1.68. The molecule has 1 aliphatic heterocycles. The van der Waals surface area contributed by atoms with Crippen LogP contribution in [0.25, 0.3) is 0 Å². The zero-order valence-corrected chi connectivity index (χ0v) is 8.49. The number of fused-ring (bicyclic) bond motifs is 1. The molecule has 2 rings (SSSR count). The van der Waals surface area contributed by atoms with E-state index in [1.807, 2.05) is 6.07 Å². The lowest BCUT2D eigenvalue weighted by Crippen LogP contribution is -2.07. The van der Waals surface area contributed by atoms with E-state index in [1.165, 1.54) is 7.11 Å². The Morgan fingerprint density at radius 2 is 2.47 bits per heavy atom. The van der Waals surface area contributed by atoms with Gasteiger partial charge in [0.25, 0.3) is 0 Å². The van der Waals surface area contributed by atoms with Crippen molar-refractivity contribution in [2.24, 2.45) is 0 Å². The van der Waals surface area contributed by atoms with Crippen molar-refractivity contribution >= 4 is 11.7 Å². The van der Waals surface area contributed by atoms with Crippen LogP contribution in [0, 0.1) is 0 Å². The third-order valence-corrected chi connectivity index (χ3v) is 2.67. The van der Waals surface area contributed by atoms with Crippen LogP contribution in [0.3, 0.4) is 0 Å². The van der Waals surface area contributed by atoms with Crippen LogP contribution in [-0.2, 0) is 4.74 Å². The molecule has 1 aliphatic rings. The van der Waals surface area contributed by atoms with Gasteiger partial charge < -0.3 is 15.2 Å². The van der Waals surface area contributed by atoms with Gasteiger partial charge in [-0.3, -0.25) is 0 Å². The Morgan fingerprint density at radius 1 is 1.67 bits per heavy atom. The number of rotatable bonds is 2. The number of hydrogen-bond donors (Lipinski definition) is 2. The molecular formula is C11H13NO3. The molecule has 0 spiro atoms. The van der Waals surface area contributed by atoms with Crippen LogP contribution in [0.1, 0.15) is 21.8 Å². The number of anilines is 1. The Labute approximate surface area is 87.9 Å². The van der Waals surface area contributed by atoms with E-state index < -0.39 is 0 Å². The predicted octanol–water partition coefficient (Wildman–Crippen LogP) is 0.975. The highest BCUT2D eigenvalue weighted by molar-refractivity contribution is 5.90. The first-order valence-corrected chi connectivity index (χ1v) is 4.83. The molecule has 4 heteroatoms. The van der Waals surface area contributed by atoms with Gasteiger partial charge in [0, 0.05) is 18.2 Å². The fourth-order valence-electron chi connectivity index (χ4n) is 1.81. The summed E-state index contributed by atoms with van der Waals surface area (Å²) in [6, 6.07) is 5.34. The number of carbonyl (C=O) groups excluding carboxylic acids is 1. The van der Waals surface area contributed by atoms with Crippen molar-refractivity contribution in [2.75, 3.05) is 25.6 Å². The summed E-state index contributed by atoms with van der Waals surface area (Å²) in [6.45, 7) is 0.807. The fraction of sp³-hybridized carbons (Fsp3) is 0.364. The molecule has 15 heavy (non-hydrogen) atoms. The Hall–Kier alpha value is -1.55. The van der Waals surface area contributed by atoms with Gasteiger partial charge in [0.15, 0.2) is 0 Å². The highest BCUT2D eigenvalue weighted by Gasteiger charge is 2.22. The van der Waals surface area contributed by atoms with E-state index >= 15 is 0 Å². The predicted molar refractivity (Wildman–Crippen MR) is 56.1 cm³/mol. The van der Waals surface area contributed by atoms with Gasteiger partial charge in [-0.1, -0.05) is 0 Å². The van der Waals surface area contributed by atoms with Gasteiger partial charge in [-0.25, -0.2) is 4.79 Å². The quantitative estimate of drug-likeness (QED) is 0.709. The summed E-state index contributed by atoms with van der Waals surface area (Å²) < 4.78 is 4.64. The second-order valence-electron chi connectivity index (χ2n) is 3.55. The molecule has 80 valence electrons. The number of benzene rings is 1. The van der Waals surface area contributed by atoms with Crippen molar-refractivity contribution in [1.82, 2.24) is 0 Å². The molecule has 1 aromatic rings. The number of nitrogens with one attached hydrogen (secondary N) is 1. The van der Waals surface area contributed by atoms with Gasteiger partial charge in [0.1, 0.15) is 0 Å². The minimum absolute atomic E-state index is 0.0737. The molecule has 0 aromatic heterocycles. The standard InChI is InChI=1S/C11H13NO3/c1-15-11(14)7-2-3-10-9(4-7)8(6-13)5-12-10/h2-4,8,12-13H,5-6H2,1H3. The monoisotopic (exact) mass is 207 g/mol. The lowest BCUT2D eigenvalue weighted by molar-refractivity contribution is 0.0600. The van der Waals surface area contributed by atoms with Crippen LogP contribution in [0.15, 0.2) is 18.2 Å². The first kappa shape index (κ1) is 9.98. The average molecular weight is 207 g/mol. The van der Waals surface area contributed by atoms with Gasteiger partial charge in [-0.05, 0) is 23.8 Å². The van der Waals surface area contributed by atoms with E-state index in [2.05, 4.69) is 10.1 Å². The molecule has 0 amide bonds. The molecule has 0 aliphatic carbocycles. The number of ether oxygens (including phenoxy) is 1. The normalized spacial score (nSPS) is 18.1. The van der Waals surface area contributed by atoms with Gasteiger partial charge >= 0.3 is 5.97 Å². The van der Waals surface area contributed by atoms with E-state index in [0.29, 0.717) is 5.56 Å². The molecule has 0 bridgehead atoms. The second kappa shape index (κ2) is 3.90. The van der Waals surface area contributed by atoms with Crippen molar-refractivity contribution in [3.63, 3.8) is 0 Å². The minimum atomic E-state index is -0.346. The van der Waals surface area contributed by atoms with E-state index in [9.17, 15) is 4.79 Å². The maximum absolute atomic E-state index is 11.3. The average Bonchev–Trinajstić information content (AvgIpc) is 2.69. The number of methoxy groups -OCH3 is 1. The number of aliphatic hydroxyl groups is 1. The molecule has 4 nitrogen and oxygen atoms in total. The maximum Gasteiger partial charge on any atom is 0.337 e. The second-order valence-corrected chi connectivity index (χ2v) is 3.55. The minimum Gasteiger partial charge on any atom is -0.465 e. The molecule has 2 N–H and O–H groups in total. The summed E-state index contributed by atoms with van der Waals surface area (Å²) in [6.07, 6.45) is 0. The first-order valence-electron chi connectivity index (χ1n) is 4.83. The van der Waals surface area contributed by atoms with Crippen LogP contribution in [0.5, 0.6) is 0 Å². The smallest absolute Gasteiger partial charge is 0.337 e. The maximum atomic E-state index is 11.3. The van der Waals surface area contributed by atoms with E-state index in [1.54, 1.807) is 12.1 Å². The lowest BCUT2D eigenvalue weighted by Gasteiger charge is -2.06. The fourth-order valence-corrected chi connectivity index (χ4v) is 1.81. The van der Waals surface area contributed by atoms with Crippen LogP contribution in [0.2, 0.25) is 0 Å². The largest absolute Gasteiger partial charge is 0.465 e. The Morgan fingerprint density at radius 3 is 3.13 bits per heavy atom. The highest BCUT2D eigenvalue weighted by atomic mass is 16.5. The molecule has 1 aromatic carbocycles. The highest BCUT2D eigenvalue weighted by Crippen LogP contribution is 2.31. The third-order valence-electron chi connectivity index (χ3n) is 2.67. The van der Waals surface area contributed by atoms with Crippen molar-refractivity contribution in [3.05, 3.63) is 29.3 Å². The summed E-state index contributed by atoms with van der Waals surface area (Å²) in [5, 5.41) is 12.3. The summed E-state index contributed by atoms with van der Waals surface area (Å²) in [7, 11) is 1.36. The molecule has 1 atom stereocenters. The summed E-state index contributed by atoms with van der Waals surface area (Å²) in [5.74, 6) is -0.272. The van der Waals surface area contributed by atoms with Crippen molar-refractivity contribution in [3.8, 4) is 0 Å². The van der Waals surface area contributed by atoms with E-state index in [-0.39, 0.29) is 18.5 Å². The number of esters is 1. The zero-order valence-electron chi connectivity index (χ0n) is 8.49. The van der Waals surface area contributed by atoms with Gasteiger partial charge in [-0.2, -0.15) is 0 Å². The molecule has 1 heterocycles. The summed E-state index contributed by atoms with van der Waals surface area (Å²) in [4.78, 5) is 11.3. The Kier molecular flexibility index (Phi) is 2.60. The zero-order chi connectivity index (χ0) is 10.8. The van der Waals surface area contributed by atoms with Crippen LogP contribution >= 0.6 is 0 Å². The van der Waals surface area contributed by atoms with Gasteiger partial charge in [0.05, 0.1) is 19.3 Å². The van der Waals surface area contributed by atoms with Gasteiger partial charge in [-0.15, -0.1) is 0 Å². The number of hydrogen-bond acceptors (Lipinski definition) is 4. The Balaban J connectivity index is 2.36. The SMILES string of the molecule is COC(=O)c1ccc2c(c1)C(CO)CN2. The molecular weight excluding hydrogens is 194 g/mol. The Bertz CT molecular complexity index is 389. The van der Waals surface area contributed by atoms with Gasteiger partial charge in [0.2, 0.25) is 0 Å². The molecule has 0 saturated carbocycles. The van der Waals surface area contributed by atoms with Crippen LogP contribution in [0.4, 0.5) is 5.69 Å². The summed E-state index contributed by atoms with van der Waals surface area (Å²) in [5.41, 5.74) is 2.50. The van der Waals surface area contributed by atoms with E-state index in [0.717, 1.165) is 17.8 Å². The van der Waals surface area contributed by atoms with E-state index in [4.69, 9.17) is 5.11 Å².